The van der Waals surface area contributed by atoms with E-state index in [9.17, 15) is 23.9 Å². The van der Waals surface area contributed by atoms with E-state index in [2.05, 4.69) is 5.32 Å². The van der Waals surface area contributed by atoms with Crippen LogP contribution in [0.1, 0.15) is 67.2 Å². The largest absolute Gasteiger partial charge is 0.618 e. The van der Waals surface area contributed by atoms with Crippen molar-refractivity contribution >= 4 is 28.2 Å². The van der Waals surface area contributed by atoms with E-state index in [1.54, 1.807) is 6.07 Å². The molecule has 0 bridgehead atoms. The van der Waals surface area contributed by atoms with Crippen molar-refractivity contribution in [2.45, 2.75) is 56.6 Å². The zero-order valence-electron chi connectivity index (χ0n) is 19.7. The number of aromatic nitrogens is 3. The molecule has 1 amide bonds. The molecule has 0 spiro atoms. The lowest BCUT2D eigenvalue weighted by molar-refractivity contribution is -0.621. The summed E-state index contributed by atoms with van der Waals surface area (Å²) < 4.78 is 28.1. The highest BCUT2D eigenvalue weighted by atomic mass is 19.3. The summed E-state index contributed by atoms with van der Waals surface area (Å²) >= 11 is 0. The highest BCUT2D eigenvalue weighted by molar-refractivity contribution is 6.05. The van der Waals surface area contributed by atoms with E-state index in [0.29, 0.717) is 17.3 Å². The van der Waals surface area contributed by atoms with Gasteiger partial charge in [-0.3, -0.25) is 9.48 Å². The molecule has 0 unspecified atom stereocenters. The minimum Gasteiger partial charge on any atom is -0.618 e. The molecule has 0 radical (unpaired) electrons. The molecule has 0 atom stereocenters. The van der Waals surface area contributed by atoms with Crippen molar-refractivity contribution in [3.8, 4) is 0 Å². The topological polar surface area (TPSA) is 97.3 Å². The highest BCUT2D eigenvalue weighted by Gasteiger charge is 2.45. The van der Waals surface area contributed by atoms with Gasteiger partial charge in [0.05, 0.1) is 28.5 Å². The Morgan fingerprint density at radius 3 is 2.60 bits per heavy atom. The molecule has 2 N–H and O–H groups in total. The molecule has 0 saturated heterocycles. The number of nitrogens with zero attached hydrogens (tertiary/aromatic N) is 4. The number of aliphatic hydroxyl groups is 1. The van der Waals surface area contributed by atoms with Gasteiger partial charge in [-0.2, -0.15) is 18.6 Å². The van der Waals surface area contributed by atoms with Crippen LogP contribution in [0.2, 0.25) is 0 Å². The van der Waals surface area contributed by atoms with Crippen LogP contribution in [0.4, 0.5) is 20.2 Å². The zero-order chi connectivity index (χ0) is 24.9. The van der Waals surface area contributed by atoms with Crippen LogP contribution in [0, 0.1) is 11.1 Å². The smallest absolute Gasteiger partial charge is 0.322 e. The van der Waals surface area contributed by atoms with Gasteiger partial charge in [0.25, 0.3) is 11.4 Å². The summed E-state index contributed by atoms with van der Waals surface area (Å²) in [6.45, 7) is 0. The molecule has 186 valence electrons. The fraction of sp³-hybridized carbons (Fsp3) is 0.480. The third-order valence-corrected chi connectivity index (χ3v) is 7.33. The summed E-state index contributed by atoms with van der Waals surface area (Å²) in [6.07, 6.45) is 4.44. The number of hydrogen-bond acceptors (Lipinski definition) is 5. The molecule has 2 aromatic heterocycles. The number of alkyl halides is 2. The second-order valence-corrected chi connectivity index (χ2v) is 9.93. The maximum absolute atomic E-state index is 13.1. The molecular formula is C25H29F2N5O3. The maximum atomic E-state index is 13.1. The minimum atomic E-state index is -2.99. The summed E-state index contributed by atoms with van der Waals surface area (Å²) in [5.41, 5.74) is 0.162. The Morgan fingerprint density at radius 2 is 1.97 bits per heavy atom. The van der Waals surface area contributed by atoms with Crippen molar-refractivity contribution in [3.63, 3.8) is 0 Å². The number of carbonyl (C=O) groups is 1. The van der Waals surface area contributed by atoms with E-state index < -0.39 is 29.3 Å². The minimum absolute atomic E-state index is 0.0300. The Hall–Kier alpha value is -3.27. The van der Waals surface area contributed by atoms with Gasteiger partial charge in [0.2, 0.25) is 0 Å². The van der Waals surface area contributed by atoms with Crippen molar-refractivity contribution in [1.82, 2.24) is 9.78 Å². The lowest BCUT2D eigenvalue weighted by Crippen LogP contribution is -2.40. The summed E-state index contributed by atoms with van der Waals surface area (Å²) in [5, 5.41) is 31.4. The summed E-state index contributed by atoms with van der Waals surface area (Å²) in [6, 6.07) is 7.30. The van der Waals surface area contributed by atoms with E-state index in [1.165, 1.54) is 12.1 Å². The van der Waals surface area contributed by atoms with Crippen LogP contribution in [0.5, 0.6) is 0 Å². The number of amides is 1. The van der Waals surface area contributed by atoms with Crippen LogP contribution < -0.4 is 14.9 Å². The van der Waals surface area contributed by atoms with Gasteiger partial charge in [-0.1, -0.05) is 0 Å². The second kappa shape index (κ2) is 8.75. The third kappa shape index (κ3) is 4.42. The lowest BCUT2D eigenvalue weighted by atomic mass is 9.79. The van der Waals surface area contributed by atoms with Gasteiger partial charge in [-0.05, 0) is 62.6 Å². The van der Waals surface area contributed by atoms with Crippen molar-refractivity contribution in [3.05, 3.63) is 53.1 Å². The van der Waals surface area contributed by atoms with Crippen LogP contribution in [-0.2, 0) is 0 Å². The number of hydrogen-bond donors (Lipinski definition) is 2. The van der Waals surface area contributed by atoms with E-state index >= 15 is 0 Å². The molecule has 5 rings (SSSR count). The molecule has 2 saturated carbocycles. The summed E-state index contributed by atoms with van der Waals surface area (Å²) in [7, 11) is 3.64. The Bertz CT molecular complexity index is 1260. The standard InChI is InChI=1S/C25H29F2N5O3/c1-30(2)22-13-18-15(14-31(29-18)17-8-10-25(34,11-9-17)16-6-7-16)12-19(22)28-24(33)21-5-3-4-20(23(26)27)32(21)35/h3-5,12-14,16-17,23,34H,6-11H2,1-2H3,(H,28,33). The SMILES string of the molecule is CN(C)c1cc2nn(C3CCC(O)(C4CC4)CC3)cc2cc1NC(=O)c1cccc(C(F)F)[n+]1[O-]. The molecule has 2 fully saturated rings. The first kappa shape index (κ1) is 23.5. The lowest BCUT2D eigenvalue weighted by Gasteiger charge is -2.36. The van der Waals surface area contributed by atoms with Gasteiger partial charge in [-0.15, -0.1) is 0 Å². The van der Waals surface area contributed by atoms with Crippen LogP contribution in [0.3, 0.4) is 0 Å². The number of anilines is 2. The van der Waals surface area contributed by atoms with Crippen molar-refractivity contribution in [2.75, 3.05) is 24.3 Å². The van der Waals surface area contributed by atoms with Gasteiger partial charge in [0.15, 0.2) is 0 Å². The quantitative estimate of drug-likeness (QED) is 0.403. The second-order valence-electron chi connectivity index (χ2n) is 9.93. The molecular weight excluding hydrogens is 456 g/mol. The molecule has 8 nitrogen and oxygen atoms in total. The van der Waals surface area contributed by atoms with E-state index in [0.717, 1.165) is 55.5 Å². The zero-order valence-corrected chi connectivity index (χ0v) is 19.7. The Labute approximate surface area is 201 Å². The number of fused-ring (bicyclic) bond motifs is 1. The molecule has 2 aliphatic carbocycles. The molecule has 35 heavy (non-hydrogen) atoms. The molecule has 2 heterocycles. The number of pyridine rings is 1. The average Bonchev–Trinajstić information content (AvgIpc) is 3.60. The van der Waals surface area contributed by atoms with Crippen molar-refractivity contribution in [1.29, 1.82) is 0 Å². The van der Waals surface area contributed by atoms with Crippen LogP contribution >= 0.6 is 0 Å². The van der Waals surface area contributed by atoms with E-state index in [1.807, 2.05) is 35.9 Å². The van der Waals surface area contributed by atoms with Crippen LogP contribution in [0.25, 0.3) is 10.9 Å². The van der Waals surface area contributed by atoms with Gasteiger partial charge in [0.1, 0.15) is 0 Å². The van der Waals surface area contributed by atoms with Crippen molar-refractivity contribution < 1.29 is 23.4 Å². The number of carbonyl (C=O) groups excluding carboxylic acids is 1. The van der Waals surface area contributed by atoms with Crippen LogP contribution in [-0.4, -0.2) is 40.5 Å². The fourth-order valence-corrected chi connectivity index (χ4v) is 5.16. The van der Waals surface area contributed by atoms with Crippen LogP contribution in [0.15, 0.2) is 36.5 Å². The number of rotatable bonds is 6. The average molecular weight is 486 g/mol. The van der Waals surface area contributed by atoms with Gasteiger partial charge in [-0.25, -0.2) is 0 Å². The molecule has 10 heteroatoms. The first-order valence-corrected chi connectivity index (χ1v) is 11.9. The first-order chi connectivity index (χ1) is 16.7. The Kier molecular flexibility index (Phi) is 5.86. The van der Waals surface area contributed by atoms with Gasteiger partial charge in [0, 0.05) is 37.8 Å². The molecule has 3 aromatic rings. The molecule has 1 aromatic carbocycles. The third-order valence-electron chi connectivity index (χ3n) is 7.33. The van der Waals surface area contributed by atoms with E-state index in [-0.39, 0.29) is 10.8 Å². The highest BCUT2D eigenvalue weighted by Crippen LogP contribution is 2.49. The summed E-state index contributed by atoms with van der Waals surface area (Å²) in [5.74, 6) is -0.327. The molecule has 2 aliphatic rings. The van der Waals surface area contributed by atoms with Gasteiger partial charge < -0.3 is 20.5 Å². The number of nitrogens with one attached hydrogen (secondary N) is 1. The van der Waals surface area contributed by atoms with Gasteiger partial charge >= 0.3 is 12.3 Å². The normalized spacial score (nSPS) is 22.5. The predicted octanol–water partition coefficient (Wildman–Crippen LogP) is 4.18. The summed E-state index contributed by atoms with van der Waals surface area (Å²) in [4.78, 5) is 14.7. The Morgan fingerprint density at radius 1 is 1.26 bits per heavy atom. The fourth-order valence-electron chi connectivity index (χ4n) is 5.16. The van der Waals surface area contributed by atoms with Crippen molar-refractivity contribution in [2.24, 2.45) is 5.92 Å². The van der Waals surface area contributed by atoms with E-state index in [4.69, 9.17) is 5.10 Å². The monoisotopic (exact) mass is 485 g/mol. The maximum Gasteiger partial charge on any atom is 0.322 e. The first-order valence-electron chi connectivity index (χ1n) is 11.9. The number of benzene rings is 1. The molecule has 0 aliphatic heterocycles. The Balaban J connectivity index is 1.41. The number of halogens is 2. The predicted molar refractivity (Wildman–Crippen MR) is 128 cm³/mol.